The second-order valence-corrected chi connectivity index (χ2v) is 7.81. The number of carboxylic acids is 2. The van der Waals surface area contributed by atoms with E-state index < -0.39 is 29.4 Å². The zero-order chi connectivity index (χ0) is 23.2. The lowest BCUT2D eigenvalue weighted by Gasteiger charge is -2.52. The van der Waals surface area contributed by atoms with Crippen molar-refractivity contribution in [2.75, 3.05) is 6.54 Å². The molecule has 0 unspecified atom stereocenters. The van der Waals surface area contributed by atoms with Crippen molar-refractivity contribution in [2.24, 2.45) is 0 Å². The van der Waals surface area contributed by atoms with Crippen molar-refractivity contribution in [1.82, 2.24) is 4.90 Å². The number of aliphatic carboxylic acids is 2. The summed E-state index contributed by atoms with van der Waals surface area (Å²) in [6, 6.07) is 29.2. The normalized spacial score (nSPS) is 13.5. The maximum Gasteiger partial charge on any atom is 0.324 e. The van der Waals surface area contributed by atoms with E-state index in [9.17, 15) is 19.8 Å². The number of benzene rings is 3. The van der Waals surface area contributed by atoms with E-state index in [1.807, 2.05) is 103 Å². The molecule has 0 aromatic heterocycles. The molecule has 3 aromatic rings. The molecule has 0 spiro atoms. The van der Waals surface area contributed by atoms with Crippen molar-refractivity contribution >= 4 is 11.9 Å². The van der Waals surface area contributed by atoms with E-state index in [2.05, 4.69) is 0 Å². The van der Waals surface area contributed by atoms with Crippen LogP contribution in [0.15, 0.2) is 91.0 Å². The van der Waals surface area contributed by atoms with Gasteiger partial charge in [0, 0.05) is 0 Å². The number of rotatable bonds is 10. The van der Waals surface area contributed by atoms with Crippen LogP contribution >= 0.6 is 0 Å². The third-order valence-electron chi connectivity index (χ3n) is 6.24. The number of likely N-dealkylation sites (N-methyl/N-ethyl adjacent to an activating group) is 1. The lowest BCUT2D eigenvalue weighted by Crippen LogP contribution is -2.64. The van der Waals surface area contributed by atoms with Crippen LogP contribution in [0.3, 0.4) is 0 Å². The molecular weight excluding hydrogens is 402 g/mol. The first-order valence-electron chi connectivity index (χ1n) is 10.8. The summed E-state index contributed by atoms with van der Waals surface area (Å²) in [7, 11) is 0. The Hall–Kier alpha value is -3.44. The van der Waals surface area contributed by atoms with E-state index in [-0.39, 0.29) is 6.42 Å². The van der Waals surface area contributed by atoms with Gasteiger partial charge in [0.1, 0.15) is 5.54 Å². The van der Waals surface area contributed by atoms with Crippen molar-refractivity contribution in [3.05, 3.63) is 108 Å². The van der Waals surface area contributed by atoms with Crippen LogP contribution < -0.4 is 0 Å². The zero-order valence-corrected chi connectivity index (χ0v) is 18.4. The van der Waals surface area contributed by atoms with Crippen molar-refractivity contribution in [3.63, 3.8) is 0 Å². The van der Waals surface area contributed by atoms with Crippen molar-refractivity contribution in [1.29, 1.82) is 0 Å². The highest BCUT2D eigenvalue weighted by Crippen LogP contribution is 2.47. The van der Waals surface area contributed by atoms with Crippen molar-refractivity contribution in [2.45, 2.75) is 37.8 Å². The van der Waals surface area contributed by atoms with Gasteiger partial charge in [-0.15, -0.1) is 0 Å². The summed E-state index contributed by atoms with van der Waals surface area (Å²) >= 11 is 0. The fourth-order valence-electron chi connectivity index (χ4n) is 4.87. The molecule has 0 aliphatic carbocycles. The molecule has 32 heavy (non-hydrogen) atoms. The molecule has 0 saturated carbocycles. The molecule has 0 bridgehead atoms. The smallest absolute Gasteiger partial charge is 0.324 e. The van der Waals surface area contributed by atoms with Crippen LogP contribution in [0.1, 0.15) is 43.4 Å². The van der Waals surface area contributed by atoms with Crippen LogP contribution in [-0.4, -0.2) is 39.1 Å². The van der Waals surface area contributed by atoms with Gasteiger partial charge in [0.15, 0.2) is 0 Å². The highest BCUT2D eigenvalue weighted by molar-refractivity contribution is 5.85. The minimum Gasteiger partial charge on any atom is -0.481 e. The fourth-order valence-corrected chi connectivity index (χ4v) is 4.87. The minimum atomic E-state index is -1.62. The topological polar surface area (TPSA) is 77.8 Å². The van der Waals surface area contributed by atoms with Crippen LogP contribution in [0.4, 0.5) is 0 Å². The number of carbonyl (C=O) groups is 2. The predicted molar refractivity (Wildman–Crippen MR) is 124 cm³/mol. The zero-order valence-electron chi connectivity index (χ0n) is 18.4. The van der Waals surface area contributed by atoms with Crippen LogP contribution in [0, 0.1) is 0 Å². The van der Waals surface area contributed by atoms with Gasteiger partial charge in [-0.3, -0.25) is 14.5 Å². The number of hydrogen-bond donors (Lipinski definition) is 2. The lowest BCUT2D eigenvalue weighted by molar-refractivity contribution is -0.162. The standard InChI is InChI=1S/C27H29NO4/c1-3-26(25(31)32,20-24(29)30)28(4-2)27(21-14-8-5-9-15-21,22-16-10-6-11-17-22)23-18-12-7-13-19-23/h5-19H,3-4,20H2,1-2H3,(H,29,30)(H,31,32)/t26-/m0/s1. The van der Waals surface area contributed by atoms with Gasteiger partial charge < -0.3 is 10.2 Å². The first kappa shape index (κ1) is 23.2. The summed E-state index contributed by atoms with van der Waals surface area (Å²) in [5, 5.41) is 20.2. The van der Waals surface area contributed by atoms with E-state index in [1.54, 1.807) is 6.92 Å². The fraction of sp³-hybridized carbons (Fsp3) is 0.259. The number of nitrogens with zero attached hydrogens (tertiary/aromatic N) is 1. The second-order valence-electron chi connectivity index (χ2n) is 7.81. The molecule has 5 heteroatoms. The summed E-state index contributed by atoms with van der Waals surface area (Å²) in [6.45, 7) is 3.95. The Balaban J connectivity index is 2.50. The third-order valence-corrected chi connectivity index (χ3v) is 6.24. The Labute approximate surface area is 189 Å². The molecule has 0 saturated heterocycles. The predicted octanol–water partition coefficient (Wildman–Crippen LogP) is 5.01. The van der Waals surface area contributed by atoms with E-state index in [0.717, 1.165) is 16.7 Å². The van der Waals surface area contributed by atoms with Crippen LogP contribution in [0.5, 0.6) is 0 Å². The molecule has 2 N–H and O–H groups in total. The van der Waals surface area contributed by atoms with E-state index in [4.69, 9.17) is 0 Å². The Bertz CT molecular complexity index is 940. The maximum absolute atomic E-state index is 12.8. The van der Waals surface area contributed by atoms with Gasteiger partial charge in [0.25, 0.3) is 0 Å². The average Bonchev–Trinajstić information content (AvgIpc) is 2.82. The summed E-state index contributed by atoms with van der Waals surface area (Å²) < 4.78 is 0. The highest BCUT2D eigenvalue weighted by atomic mass is 16.4. The number of hydrogen-bond acceptors (Lipinski definition) is 3. The third kappa shape index (κ3) is 3.92. The molecule has 0 aliphatic heterocycles. The van der Waals surface area contributed by atoms with Crippen molar-refractivity contribution < 1.29 is 19.8 Å². The van der Waals surface area contributed by atoms with Crippen LogP contribution in [-0.2, 0) is 15.1 Å². The molecule has 0 aliphatic rings. The summed E-state index contributed by atoms with van der Waals surface area (Å²) in [4.78, 5) is 26.6. The summed E-state index contributed by atoms with van der Waals surface area (Å²) in [5.74, 6) is -2.28. The first-order valence-corrected chi connectivity index (χ1v) is 10.8. The highest BCUT2D eigenvalue weighted by Gasteiger charge is 2.54. The lowest BCUT2D eigenvalue weighted by atomic mass is 9.72. The Morgan fingerprint density at radius 2 is 1.09 bits per heavy atom. The summed E-state index contributed by atoms with van der Waals surface area (Å²) in [6.07, 6.45) is -0.377. The molecule has 166 valence electrons. The van der Waals surface area contributed by atoms with Crippen molar-refractivity contribution in [3.8, 4) is 0 Å². The molecule has 0 amide bonds. The average molecular weight is 432 g/mol. The Morgan fingerprint density at radius 3 is 1.34 bits per heavy atom. The van der Waals surface area contributed by atoms with Gasteiger partial charge in [-0.25, -0.2) is 0 Å². The molecule has 0 heterocycles. The van der Waals surface area contributed by atoms with Gasteiger partial charge >= 0.3 is 11.9 Å². The maximum atomic E-state index is 12.8. The van der Waals surface area contributed by atoms with Gasteiger partial charge in [-0.1, -0.05) is 105 Å². The second kappa shape index (κ2) is 9.79. The minimum absolute atomic E-state index is 0.136. The molecule has 0 radical (unpaired) electrons. The molecular formula is C27H29NO4. The van der Waals surface area contributed by atoms with E-state index >= 15 is 0 Å². The summed E-state index contributed by atoms with van der Waals surface area (Å²) in [5.41, 5.74) is 0.000879. The van der Waals surface area contributed by atoms with Crippen LogP contribution in [0.25, 0.3) is 0 Å². The Morgan fingerprint density at radius 1 is 0.719 bits per heavy atom. The van der Waals surface area contributed by atoms with Gasteiger partial charge in [0.05, 0.1) is 12.0 Å². The number of carboxylic acid groups (broad SMARTS) is 2. The quantitative estimate of drug-likeness (QED) is 0.441. The van der Waals surface area contributed by atoms with Gasteiger partial charge in [-0.05, 0) is 29.7 Å². The Kier molecular flexibility index (Phi) is 7.11. The molecule has 5 nitrogen and oxygen atoms in total. The molecule has 3 aromatic carbocycles. The molecule has 3 rings (SSSR count). The van der Waals surface area contributed by atoms with Crippen LogP contribution in [0.2, 0.25) is 0 Å². The van der Waals surface area contributed by atoms with E-state index in [1.165, 1.54) is 0 Å². The first-order chi connectivity index (χ1) is 15.4. The SMILES string of the molecule is CCN(C(c1ccccc1)(c1ccccc1)c1ccccc1)[C@@](CC)(CC(=O)O)C(=O)O. The monoisotopic (exact) mass is 431 g/mol. The molecule has 0 fully saturated rings. The van der Waals surface area contributed by atoms with Gasteiger partial charge in [0.2, 0.25) is 0 Å². The largest absolute Gasteiger partial charge is 0.481 e. The molecule has 1 atom stereocenters. The van der Waals surface area contributed by atoms with E-state index in [0.29, 0.717) is 6.54 Å². The van der Waals surface area contributed by atoms with Gasteiger partial charge in [-0.2, -0.15) is 0 Å².